The predicted molar refractivity (Wildman–Crippen MR) is 88.8 cm³/mol. The average Bonchev–Trinajstić information content (AvgIpc) is 2.74. The first-order chi connectivity index (χ1) is 9.29. The van der Waals surface area contributed by atoms with Crippen molar-refractivity contribution < 1.29 is 4.74 Å². The molecule has 20 heavy (non-hydrogen) atoms. The number of aryl methyl sites for hydroxylation is 1. The van der Waals surface area contributed by atoms with Gasteiger partial charge in [0.15, 0.2) is 0 Å². The summed E-state index contributed by atoms with van der Waals surface area (Å²) in [4.78, 5) is 0. The first kappa shape index (κ1) is 15.7. The number of ether oxygens (including phenoxy) is 1. The Morgan fingerprint density at radius 1 is 1.30 bits per heavy atom. The molecule has 2 aromatic rings. The third-order valence-corrected chi connectivity index (χ3v) is 6.14. The van der Waals surface area contributed by atoms with Gasteiger partial charge in [-0.1, -0.05) is 24.9 Å². The van der Waals surface area contributed by atoms with E-state index in [9.17, 15) is 0 Å². The van der Waals surface area contributed by atoms with Crippen LogP contribution in [-0.4, -0.2) is 29.7 Å². The predicted octanol–water partition coefficient (Wildman–Crippen LogP) is 4.12. The number of halogens is 1. The molecule has 0 aliphatic rings. The maximum atomic E-state index is 5.75. The van der Waals surface area contributed by atoms with Crippen molar-refractivity contribution in [1.29, 1.82) is 0 Å². The maximum absolute atomic E-state index is 5.75. The van der Waals surface area contributed by atoms with Gasteiger partial charge in [-0.2, -0.15) is 0 Å². The summed E-state index contributed by atoms with van der Waals surface area (Å²) in [5, 5.41) is 8.44. The van der Waals surface area contributed by atoms with Crippen molar-refractivity contribution >= 4 is 35.0 Å². The van der Waals surface area contributed by atoms with Crippen LogP contribution in [0.15, 0.2) is 10.5 Å². The second-order valence-corrected chi connectivity index (χ2v) is 12.9. The van der Waals surface area contributed by atoms with Gasteiger partial charge in [-0.15, -0.1) is 5.10 Å². The Hall–Kier alpha value is -0.723. The molecule has 0 fully saturated rings. The van der Waals surface area contributed by atoms with Gasteiger partial charge in [-0.05, 0) is 53.0 Å². The maximum Gasteiger partial charge on any atom is 0.141 e. The van der Waals surface area contributed by atoms with Crippen LogP contribution < -0.4 is 0 Å². The van der Waals surface area contributed by atoms with Gasteiger partial charge in [0.25, 0.3) is 0 Å². The number of hydrogen-bond donors (Lipinski definition) is 0. The van der Waals surface area contributed by atoms with Crippen LogP contribution in [0, 0.1) is 13.8 Å². The van der Waals surface area contributed by atoms with Gasteiger partial charge in [-0.3, -0.25) is 0 Å². The Morgan fingerprint density at radius 3 is 2.65 bits per heavy atom. The van der Waals surface area contributed by atoms with Gasteiger partial charge in [0.05, 0.1) is 9.99 Å². The summed E-state index contributed by atoms with van der Waals surface area (Å²) >= 11 is 3.60. The molecule has 0 spiro atoms. The Labute approximate surface area is 129 Å². The molecule has 2 rings (SSSR count). The van der Waals surface area contributed by atoms with Crippen LogP contribution in [0.1, 0.15) is 11.1 Å². The molecule has 0 aliphatic carbocycles. The van der Waals surface area contributed by atoms with Crippen LogP contribution in [0.4, 0.5) is 0 Å². The summed E-state index contributed by atoms with van der Waals surface area (Å²) < 4.78 is 8.61. The molecule has 0 bridgehead atoms. The number of nitrogens with zero attached hydrogens (tertiary/aromatic N) is 3. The van der Waals surface area contributed by atoms with E-state index in [0.717, 1.165) is 22.1 Å². The minimum absolute atomic E-state index is 0.468. The molecule has 110 valence electrons. The lowest BCUT2D eigenvalue weighted by Gasteiger charge is -2.15. The van der Waals surface area contributed by atoms with Crippen LogP contribution in [0.25, 0.3) is 11.0 Å². The van der Waals surface area contributed by atoms with Crippen molar-refractivity contribution in [2.75, 3.05) is 6.61 Å². The lowest BCUT2D eigenvalue weighted by molar-refractivity contribution is 0.0803. The van der Waals surface area contributed by atoms with E-state index in [1.165, 1.54) is 17.2 Å². The van der Waals surface area contributed by atoms with Gasteiger partial charge in [0.2, 0.25) is 0 Å². The summed E-state index contributed by atoms with van der Waals surface area (Å²) in [5.74, 6) is 0. The molecule has 0 atom stereocenters. The zero-order chi connectivity index (χ0) is 14.9. The summed E-state index contributed by atoms with van der Waals surface area (Å²) in [5.41, 5.74) is 4.37. The van der Waals surface area contributed by atoms with Crippen molar-refractivity contribution in [1.82, 2.24) is 15.0 Å². The van der Waals surface area contributed by atoms with E-state index in [-0.39, 0.29) is 0 Å². The number of benzene rings is 1. The Kier molecular flexibility index (Phi) is 4.66. The topological polar surface area (TPSA) is 39.9 Å². The summed E-state index contributed by atoms with van der Waals surface area (Å²) in [6.45, 7) is 12.5. The first-order valence-corrected chi connectivity index (χ1v) is 11.4. The number of aromatic nitrogens is 3. The lowest BCUT2D eigenvalue weighted by Crippen LogP contribution is -2.22. The van der Waals surface area contributed by atoms with E-state index in [1.54, 1.807) is 0 Å². The molecule has 1 aromatic carbocycles. The molecular weight excluding hydrogens is 334 g/mol. The van der Waals surface area contributed by atoms with E-state index in [2.05, 4.69) is 65.8 Å². The fourth-order valence-corrected chi connectivity index (χ4v) is 3.26. The average molecular weight is 356 g/mol. The van der Waals surface area contributed by atoms with Gasteiger partial charge < -0.3 is 4.74 Å². The van der Waals surface area contributed by atoms with E-state index < -0.39 is 8.07 Å². The smallest absolute Gasteiger partial charge is 0.141 e. The molecule has 0 aliphatic heterocycles. The number of fused-ring (bicyclic) bond motifs is 1. The molecule has 0 amide bonds. The molecular formula is C14H22BrN3OSi. The Morgan fingerprint density at radius 2 is 2.00 bits per heavy atom. The van der Waals surface area contributed by atoms with E-state index in [1.807, 2.05) is 4.68 Å². The third kappa shape index (κ3) is 3.48. The summed E-state index contributed by atoms with van der Waals surface area (Å²) in [6.07, 6.45) is 0. The second kappa shape index (κ2) is 5.95. The minimum Gasteiger partial charge on any atom is -0.359 e. The van der Waals surface area contributed by atoms with Crippen molar-refractivity contribution in [2.45, 2.75) is 46.3 Å². The number of hydrogen-bond acceptors (Lipinski definition) is 3. The largest absolute Gasteiger partial charge is 0.359 e. The molecule has 0 radical (unpaired) electrons. The second-order valence-electron chi connectivity index (χ2n) is 6.44. The van der Waals surface area contributed by atoms with Crippen molar-refractivity contribution in [3.05, 3.63) is 21.7 Å². The highest BCUT2D eigenvalue weighted by Gasteiger charge is 2.14. The lowest BCUT2D eigenvalue weighted by atomic mass is 10.1. The SMILES string of the molecule is Cc1cc2c(nnn2COCC[Si](C)(C)C)c(Br)c1C. The van der Waals surface area contributed by atoms with Crippen LogP contribution in [0.3, 0.4) is 0 Å². The minimum atomic E-state index is -1.04. The molecule has 0 saturated heterocycles. The molecule has 0 N–H and O–H groups in total. The van der Waals surface area contributed by atoms with Crippen LogP contribution in [0.5, 0.6) is 0 Å². The zero-order valence-corrected chi connectivity index (χ0v) is 15.4. The Balaban J connectivity index is 2.12. The van der Waals surface area contributed by atoms with Crippen LogP contribution in [0.2, 0.25) is 25.7 Å². The molecule has 0 unspecified atom stereocenters. The quantitative estimate of drug-likeness (QED) is 0.598. The third-order valence-electron chi connectivity index (χ3n) is 3.47. The van der Waals surface area contributed by atoms with Gasteiger partial charge in [0.1, 0.15) is 12.2 Å². The van der Waals surface area contributed by atoms with Crippen molar-refractivity contribution in [2.24, 2.45) is 0 Å². The zero-order valence-electron chi connectivity index (χ0n) is 12.8. The van der Waals surface area contributed by atoms with Crippen molar-refractivity contribution in [3.8, 4) is 0 Å². The highest BCUT2D eigenvalue weighted by molar-refractivity contribution is 9.10. The molecule has 1 heterocycles. The monoisotopic (exact) mass is 355 g/mol. The van der Waals surface area contributed by atoms with Crippen molar-refractivity contribution in [3.63, 3.8) is 0 Å². The van der Waals surface area contributed by atoms with Gasteiger partial charge in [0, 0.05) is 14.7 Å². The molecule has 1 aromatic heterocycles. The highest BCUT2D eigenvalue weighted by atomic mass is 79.9. The van der Waals surface area contributed by atoms with Crippen LogP contribution in [-0.2, 0) is 11.5 Å². The van der Waals surface area contributed by atoms with Gasteiger partial charge in [-0.25, -0.2) is 4.68 Å². The standard InChI is InChI=1S/C14H22BrN3OSi/c1-10-8-12-14(13(15)11(10)2)16-17-18(12)9-19-6-7-20(3,4)5/h8H,6-7,9H2,1-5H3. The van der Waals surface area contributed by atoms with Gasteiger partial charge >= 0.3 is 0 Å². The van der Waals surface area contributed by atoms with E-state index in [4.69, 9.17) is 4.74 Å². The number of rotatable bonds is 5. The summed E-state index contributed by atoms with van der Waals surface area (Å²) in [7, 11) is -1.04. The fourth-order valence-electron chi connectivity index (χ4n) is 1.91. The molecule has 6 heteroatoms. The molecule has 4 nitrogen and oxygen atoms in total. The summed E-state index contributed by atoms with van der Waals surface area (Å²) in [6, 6.07) is 3.29. The highest BCUT2D eigenvalue weighted by Crippen LogP contribution is 2.28. The molecule has 0 saturated carbocycles. The van der Waals surface area contributed by atoms with E-state index in [0.29, 0.717) is 6.73 Å². The van der Waals surface area contributed by atoms with E-state index >= 15 is 0 Å². The fraction of sp³-hybridized carbons (Fsp3) is 0.571. The normalized spacial score (nSPS) is 12.3. The Bertz CT molecular complexity index is 619. The first-order valence-electron chi connectivity index (χ1n) is 6.86. The van der Waals surface area contributed by atoms with Crippen LogP contribution >= 0.6 is 15.9 Å².